The van der Waals surface area contributed by atoms with Crippen molar-refractivity contribution in [2.45, 2.75) is 19.0 Å². The Kier molecular flexibility index (Phi) is 4.09. The van der Waals surface area contributed by atoms with E-state index in [4.69, 9.17) is 15.3 Å². The number of carbonyl (C=O) groups is 1. The van der Waals surface area contributed by atoms with Crippen molar-refractivity contribution < 1.29 is 14.4 Å². The van der Waals surface area contributed by atoms with E-state index in [0.29, 0.717) is 19.0 Å². The second-order valence-corrected chi connectivity index (χ2v) is 5.55. The minimum absolute atomic E-state index is 0.354. The van der Waals surface area contributed by atoms with E-state index < -0.39 is 14.6 Å². The number of nitrogens with two attached hydrogens (primary N) is 1. The highest BCUT2D eigenvalue weighted by Gasteiger charge is 2.19. The molecule has 0 aromatic heterocycles. The third-order valence-corrected chi connectivity index (χ3v) is 2.43. The van der Waals surface area contributed by atoms with Crippen molar-refractivity contribution in [3.05, 3.63) is 0 Å². The van der Waals surface area contributed by atoms with E-state index in [1.165, 1.54) is 6.55 Å². The van der Waals surface area contributed by atoms with Gasteiger partial charge in [-0.25, -0.2) is 4.79 Å². The Hall–Kier alpha value is -0.593. The summed E-state index contributed by atoms with van der Waals surface area (Å²) in [6, 6.07) is -0.225. The van der Waals surface area contributed by atoms with Crippen LogP contribution < -0.4 is 11.1 Å². The predicted octanol–water partition coefficient (Wildman–Crippen LogP) is -0.899. The summed E-state index contributed by atoms with van der Waals surface area (Å²) in [5, 5.41) is 2.36. The molecule has 2 amide bonds. The number of carbonyl (C=O) groups excluding carboxylic acids is 1. The standard InChI is InChI=1S/C5H14N2O3Si/c1-11(9,10)4-2-3-7-5(6)8/h9-10H,2-4H2,1H3,(H3,6,7,8). The molecule has 0 aliphatic rings. The van der Waals surface area contributed by atoms with Crippen LogP contribution in [0.3, 0.4) is 0 Å². The molecule has 5 N–H and O–H groups in total. The molecule has 0 atom stereocenters. The zero-order valence-electron chi connectivity index (χ0n) is 6.50. The van der Waals surface area contributed by atoms with Gasteiger partial charge in [0.2, 0.25) is 0 Å². The van der Waals surface area contributed by atoms with E-state index >= 15 is 0 Å². The number of urea groups is 1. The number of rotatable bonds is 4. The topological polar surface area (TPSA) is 95.6 Å². The van der Waals surface area contributed by atoms with Gasteiger partial charge in [0.05, 0.1) is 0 Å². The minimum Gasteiger partial charge on any atom is -0.411 e. The second-order valence-electron chi connectivity index (χ2n) is 2.61. The van der Waals surface area contributed by atoms with Crippen LogP contribution in [-0.4, -0.2) is 30.7 Å². The number of nitrogens with one attached hydrogen (secondary N) is 1. The lowest BCUT2D eigenvalue weighted by molar-refractivity contribution is 0.248. The highest BCUT2D eigenvalue weighted by Crippen LogP contribution is 2.02. The average molecular weight is 178 g/mol. The highest BCUT2D eigenvalue weighted by molar-refractivity contribution is 6.63. The molecule has 0 unspecified atom stereocenters. The van der Waals surface area contributed by atoms with E-state index in [2.05, 4.69) is 5.32 Å². The Morgan fingerprint density at radius 3 is 2.55 bits per heavy atom. The molecule has 66 valence electrons. The van der Waals surface area contributed by atoms with E-state index in [1.807, 2.05) is 0 Å². The maximum Gasteiger partial charge on any atom is 0.329 e. The summed E-state index contributed by atoms with van der Waals surface area (Å²) in [6.45, 7) is 1.83. The maximum atomic E-state index is 10.1. The van der Waals surface area contributed by atoms with Crippen LogP contribution in [0.25, 0.3) is 0 Å². The van der Waals surface area contributed by atoms with Crippen molar-refractivity contribution in [3.8, 4) is 0 Å². The van der Waals surface area contributed by atoms with Crippen molar-refractivity contribution in [1.29, 1.82) is 0 Å². The van der Waals surface area contributed by atoms with Gasteiger partial charge in [-0.1, -0.05) is 0 Å². The van der Waals surface area contributed by atoms with Gasteiger partial charge >= 0.3 is 14.6 Å². The molecule has 0 aliphatic heterocycles. The minimum atomic E-state index is -2.92. The van der Waals surface area contributed by atoms with Gasteiger partial charge in [-0.05, 0) is 19.0 Å². The largest absolute Gasteiger partial charge is 0.411 e. The fraction of sp³-hybridized carbons (Fsp3) is 0.800. The molecule has 0 bridgehead atoms. The smallest absolute Gasteiger partial charge is 0.329 e. The zero-order valence-corrected chi connectivity index (χ0v) is 7.50. The fourth-order valence-corrected chi connectivity index (χ4v) is 1.48. The Morgan fingerprint density at radius 2 is 2.18 bits per heavy atom. The first-order valence-electron chi connectivity index (χ1n) is 3.40. The van der Waals surface area contributed by atoms with Crippen molar-refractivity contribution in [2.75, 3.05) is 6.54 Å². The summed E-state index contributed by atoms with van der Waals surface area (Å²) in [6.07, 6.45) is 0.554. The van der Waals surface area contributed by atoms with Crippen LogP contribution in [0.2, 0.25) is 12.6 Å². The molecule has 0 saturated carbocycles. The lowest BCUT2D eigenvalue weighted by Gasteiger charge is -2.10. The summed E-state index contributed by atoms with van der Waals surface area (Å²) >= 11 is 0. The molecule has 0 aromatic rings. The van der Waals surface area contributed by atoms with Gasteiger partial charge in [-0.15, -0.1) is 0 Å². The molecule has 5 nitrogen and oxygen atoms in total. The lowest BCUT2D eigenvalue weighted by Crippen LogP contribution is -2.34. The van der Waals surface area contributed by atoms with Gasteiger partial charge in [-0.3, -0.25) is 0 Å². The van der Waals surface area contributed by atoms with Gasteiger partial charge in [-0.2, -0.15) is 0 Å². The molecule has 0 rings (SSSR count). The maximum absolute atomic E-state index is 10.1. The van der Waals surface area contributed by atoms with Gasteiger partial charge in [0.15, 0.2) is 0 Å². The molecule has 0 heterocycles. The summed E-state index contributed by atoms with van der Waals surface area (Å²) in [4.78, 5) is 28.0. The number of hydrogen-bond acceptors (Lipinski definition) is 3. The molecule has 0 spiro atoms. The fourth-order valence-electron chi connectivity index (χ4n) is 0.635. The first-order chi connectivity index (χ1) is 4.92. The van der Waals surface area contributed by atoms with Crippen LogP contribution in [0.5, 0.6) is 0 Å². The third-order valence-electron chi connectivity index (χ3n) is 1.13. The number of amides is 2. The molecule has 0 aromatic carbocycles. The molecular weight excluding hydrogens is 164 g/mol. The Labute approximate surface area is 66.5 Å². The van der Waals surface area contributed by atoms with E-state index in [1.54, 1.807) is 0 Å². The summed E-state index contributed by atoms with van der Waals surface area (Å²) in [5.74, 6) is 0. The monoisotopic (exact) mass is 178 g/mol. The molecule has 0 radical (unpaired) electrons. The van der Waals surface area contributed by atoms with Crippen LogP contribution in [0.4, 0.5) is 4.79 Å². The van der Waals surface area contributed by atoms with Crippen LogP contribution >= 0.6 is 0 Å². The number of hydrogen-bond donors (Lipinski definition) is 4. The first-order valence-corrected chi connectivity index (χ1v) is 6.00. The molecule has 11 heavy (non-hydrogen) atoms. The Morgan fingerprint density at radius 1 is 1.64 bits per heavy atom. The second kappa shape index (κ2) is 4.32. The molecule has 0 saturated heterocycles. The summed E-state index contributed by atoms with van der Waals surface area (Å²) in [5.41, 5.74) is 4.78. The van der Waals surface area contributed by atoms with Crippen LogP contribution in [0, 0.1) is 0 Å². The van der Waals surface area contributed by atoms with E-state index in [9.17, 15) is 4.79 Å². The predicted molar refractivity (Wildman–Crippen MR) is 43.1 cm³/mol. The highest BCUT2D eigenvalue weighted by atomic mass is 28.4. The third kappa shape index (κ3) is 9.41. The van der Waals surface area contributed by atoms with Gasteiger partial charge in [0.25, 0.3) is 0 Å². The summed E-state index contributed by atoms with van der Waals surface area (Å²) in [7, 11) is -2.92. The van der Waals surface area contributed by atoms with Gasteiger partial charge < -0.3 is 20.6 Å². The van der Waals surface area contributed by atoms with Crippen molar-refractivity contribution in [1.82, 2.24) is 5.32 Å². The van der Waals surface area contributed by atoms with Crippen LogP contribution in [0.1, 0.15) is 6.42 Å². The molecular formula is C5H14N2O3Si. The van der Waals surface area contributed by atoms with E-state index in [0.717, 1.165) is 0 Å². The Balaban J connectivity index is 3.22. The SMILES string of the molecule is C[Si](O)(O)CCCNC(N)=O. The van der Waals surface area contributed by atoms with Crippen LogP contribution in [0.15, 0.2) is 0 Å². The quantitative estimate of drug-likeness (QED) is 0.332. The molecule has 6 heteroatoms. The van der Waals surface area contributed by atoms with E-state index in [-0.39, 0.29) is 0 Å². The Bertz CT molecular complexity index is 134. The zero-order chi connectivity index (χ0) is 8.91. The lowest BCUT2D eigenvalue weighted by atomic mass is 10.5. The number of primary amides is 1. The molecule has 0 aliphatic carbocycles. The molecule has 0 fully saturated rings. The average Bonchev–Trinajstić information content (AvgIpc) is 1.78. The van der Waals surface area contributed by atoms with Gasteiger partial charge in [0, 0.05) is 6.54 Å². The van der Waals surface area contributed by atoms with Crippen molar-refractivity contribution in [2.24, 2.45) is 5.73 Å². The van der Waals surface area contributed by atoms with Crippen molar-refractivity contribution in [3.63, 3.8) is 0 Å². The van der Waals surface area contributed by atoms with Crippen LogP contribution in [-0.2, 0) is 0 Å². The van der Waals surface area contributed by atoms with Gasteiger partial charge in [0.1, 0.15) is 0 Å². The van der Waals surface area contributed by atoms with Crippen molar-refractivity contribution >= 4 is 14.6 Å². The first kappa shape index (κ1) is 10.4. The summed E-state index contributed by atoms with van der Waals surface area (Å²) < 4.78 is 0. The normalized spacial score (nSPS) is 11.2.